The zero-order valence-electron chi connectivity index (χ0n) is 13.6. The van der Waals surface area contributed by atoms with Crippen LogP contribution in [-0.4, -0.2) is 20.0 Å². The summed E-state index contributed by atoms with van der Waals surface area (Å²) in [4.78, 5) is 0. The van der Waals surface area contributed by atoms with Gasteiger partial charge < -0.3 is 18.9 Å². The monoisotopic (exact) mass is 334 g/mol. The number of rotatable bonds is 0. The fraction of sp³-hybridized carbons (Fsp3) is 0.250. The molecule has 25 heavy (non-hydrogen) atoms. The molecule has 0 bridgehead atoms. The van der Waals surface area contributed by atoms with Gasteiger partial charge in [-0.1, -0.05) is 0 Å². The van der Waals surface area contributed by atoms with E-state index >= 15 is 0 Å². The van der Waals surface area contributed by atoms with E-state index in [-0.39, 0.29) is 0 Å². The predicted octanol–water partition coefficient (Wildman–Crippen LogP) is 2.85. The summed E-state index contributed by atoms with van der Waals surface area (Å²) >= 11 is 0. The fourth-order valence-electron chi connectivity index (χ4n) is 3.95. The molecule has 1 aromatic heterocycles. The highest BCUT2D eigenvalue weighted by Crippen LogP contribution is 2.42. The van der Waals surface area contributed by atoms with Crippen LogP contribution in [-0.2, 0) is 13.0 Å². The SMILES string of the molecule is c1c2c(cc3c1OCO3)-c1cc3ccc4c(c3c[n+]1CC2)OCCO4. The second-order valence-electron chi connectivity index (χ2n) is 6.56. The van der Waals surface area contributed by atoms with Gasteiger partial charge in [0.15, 0.2) is 35.7 Å². The molecule has 0 amide bonds. The molecule has 0 spiro atoms. The topological polar surface area (TPSA) is 40.8 Å². The van der Waals surface area contributed by atoms with Crippen LogP contribution in [0.25, 0.3) is 22.0 Å². The van der Waals surface area contributed by atoms with Crippen molar-refractivity contribution in [2.75, 3.05) is 20.0 Å². The van der Waals surface area contributed by atoms with Crippen molar-refractivity contribution in [2.45, 2.75) is 13.0 Å². The molecule has 124 valence electrons. The third-order valence-electron chi connectivity index (χ3n) is 5.16. The average Bonchev–Trinajstić information content (AvgIpc) is 3.12. The van der Waals surface area contributed by atoms with Gasteiger partial charge in [0.1, 0.15) is 13.2 Å². The number of nitrogens with zero attached hydrogens (tertiary/aromatic N) is 1. The van der Waals surface area contributed by atoms with E-state index in [1.165, 1.54) is 16.8 Å². The lowest BCUT2D eigenvalue weighted by Crippen LogP contribution is -2.40. The summed E-state index contributed by atoms with van der Waals surface area (Å²) in [6.07, 6.45) is 3.16. The maximum absolute atomic E-state index is 5.88. The Morgan fingerprint density at radius 1 is 0.840 bits per heavy atom. The molecule has 0 saturated heterocycles. The van der Waals surface area contributed by atoms with E-state index in [0.29, 0.717) is 20.0 Å². The van der Waals surface area contributed by atoms with Crippen molar-refractivity contribution in [3.8, 4) is 34.3 Å². The molecule has 4 heterocycles. The first kappa shape index (κ1) is 13.4. The average molecular weight is 334 g/mol. The zero-order valence-corrected chi connectivity index (χ0v) is 13.6. The van der Waals surface area contributed by atoms with Gasteiger partial charge in [0.2, 0.25) is 12.5 Å². The number of benzene rings is 2. The van der Waals surface area contributed by atoms with Crippen LogP contribution < -0.4 is 23.5 Å². The Hall–Kier alpha value is -2.95. The van der Waals surface area contributed by atoms with Crippen molar-refractivity contribution in [3.63, 3.8) is 0 Å². The number of aromatic nitrogens is 1. The summed E-state index contributed by atoms with van der Waals surface area (Å²) in [5, 5.41) is 2.26. The van der Waals surface area contributed by atoms with Gasteiger partial charge in [-0.3, -0.25) is 0 Å². The Morgan fingerprint density at radius 2 is 1.72 bits per heavy atom. The van der Waals surface area contributed by atoms with Gasteiger partial charge in [-0.2, -0.15) is 4.57 Å². The Bertz CT molecular complexity index is 1040. The maximum atomic E-state index is 5.88. The third-order valence-corrected chi connectivity index (χ3v) is 5.16. The molecule has 0 fully saturated rings. The van der Waals surface area contributed by atoms with Crippen LogP contribution in [0.1, 0.15) is 5.56 Å². The van der Waals surface area contributed by atoms with E-state index in [0.717, 1.165) is 46.7 Å². The van der Waals surface area contributed by atoms with Crippen LogP contribution in [0.2, 0.25) is 0 Å². The first-order valence-electron chi connectivity index (χ1n) is 8.55. The predicted molar refractivity (Wildman–Crippen MR) is 90.4 cm³/mol. The van der Waals surface area contributed by atoms with Gasteiger partial charge in [-0.05, 0) is 35.2 Å². The quantitative estimate of drug-likeness (QED) is 0.593. The summed E-state index contributed by atoms with van der Waals surface area (Å²) in [6, 6.07) is 10.6. The molecular weight excluding hydrogens is 318 g/mol. The highest BCUT2D eigenvalue weighted by Gasteiger charge is 2.29. The van der Waals surface area contributed by atoms with E-state index in [2.05, 4.69) is 35.0 Å². The van der Waals surface area contributed by atoms with Gasteiger partial charge in [-0.15, -0.1) is 0 Å². The summed E-state index contributed by atoms with van der Waals surface area (Å²) in [5.74, 6) is 3.37. The lowest BCUT2D eigenvalue weighted by atomic mass is 9.95. The molecule has 5 nitrogen and oxygen atoms in total. The third kappa shape index (κ3) is 1.86. The van der Waals surface area contributed by atoms with Gasteiger partial charge in [0.05, 0.1) is 10.9 Å². The molecule has 5 heteroatoms. The van der Waals surface area contributed by atoms with E-state index < -0.39 is 0 Å². The summed E-state index contributed by atoms with van der Waals surface area (Å²) in [5.41, 5.74) is 3.72. The summed E-state index contributed by atoms with van der Waals surface area (Å²) < 4.78 is 25.0. The Morgan fingerprint density at radius 3 is 2.68 bits per heavy atom. The molecule has 0 atom stereocenters. The number of pyridine rings is 1. The molecule has 0 N–H and O–H groups in total. The number of hydrogen-bond donors (Lipinski definition) is 0. The Balaban J connectivity index is 1.59. The van der Waals surface area contributed by atoms with Gasteiger partial charge in [0.25, 0.3) is 0 Å². The number of aryl methyl sites for hydroxylation is 2. The van der Waals surface area contributed by atoms with Crippen molar-refractivity contribution in [1.82, 2.24) is 0 Å². The molecule has 2 aromatic carbocycles. The molecular formula is C20H16NO4+. The molecule has 3 aromatic rings. The number of ether oxygens (including phenoxy) is 4. The van der Waals surface area contributed by atoms with E-state index in [1.54, 1.807) is 0 Å². The minimum atomic E-state index is 0.305. The van der Waals surface area contributed by atoms with E-state index in [1.807, 2.05) is 6.07 Å². The largest absolute Gasteiger partial charge is 0.486 e. The fourth-order valence-corrected chi connectivity index (χ4v) is 3.95. The first-order valence-corrected chi connectivity index (χ1v) is 8.55. The number of fused-ring (bicyclic) bond motifs is 7. The molecule has 6 rings (SSSR count). The van der Waals surface area contributed by atoms with Crippen LogP contribution in [0.3, 0.4) is 0 Å². The highest BCUT2D eigenvalue weighted by atomic mass is 16.7. The van der Waals surface area contributed by atoms with Crippen molar-refractivity contribution >= 4 is 10.8 Å². The Kier molecular flexibility index (Phi) is 2.56. The highest BCUT2D eigenvalue weighted by molar-refractivity contribution is 5.91. The molecule has 3 aliphatic heterocycles. The second-order valence-corrected chi connectivity index (χ2v) is 6.56. The maximum Gasteiger partial charge on any atom is 0.231 e. The molecule has 3 aliphatic rings. The van der Waals surface area contributed by atoms with E-state index in [4.69, 9.17) is 18.9 Å². The number of hydrogen-bond acceptors (Lipinski definition) is 4. The smallest absolute Gasteiger partial charge is 0.231 e. The second kappa shape index (κ2) is 4.79. The van der Waals surface area contributed by atoms with Crippen LogP contribution in [0.4, 0.5) is 0 Å². The molecule has 0 unspecified atom stereocenters. The van der Waals surface area contributed by atoms with Crippen molar-refractivity contribution < 1.29 is 23.5 Å². The van der Waals surface area contributed by atoms with Gasteiger partial charge in [-0.25, -0.2) is 0 Å². The van der Waals surface area contributed by atoms with Crippen LogP contribution in [0, 0.1) is 0 Å². The van der Waals surface area contributed by atoms with Crippen molar-refractivity contribution in [2.24, 2.45) is 0 Å². The first-order chi connectivity index (χ1) is 12.4. The van der Waals surface area contributed by atoms with Crippen LogP contribution >= 0.6 is 0 Å². The van der Waals surface area contributed by atoms with Gasteiger partial charge in [0, 0.05) is 12.5 Å². The molecule has 0 radical (unpaired) electrons. The zero-order chi connectivity index (χ0) is 16.4. The van der Waals surface area contributed by atoms with Crippen molar-refractivity contribution in [3.05, 3.63) is 42.1 Å². The molecule has 0 aliphatic carbocycles. The minimum absolute atomic E-state index is 0.305. The standard InChI is InChI=1S/C20H16NO4/c1-2-17-20(23-6-5-22-17)15-10-21-4-3-13-8-18-19(25-11-24-18)9-14(13)16(21)7-12(1)15/h1-2,7-10H,3-6,11H2/q+1. The van der Waals surface area contributed by atoms with E-state index in [9.17, 15) is 0 Å². The lowest BCUT2D eigenvalue weighted by Gasteiger charge is -2.21. The van der Waals surface area contributed by atoms with Gasteiger partial charge >= 0.3 is 0 Å². The van der Waals surface area contributed by atoms with Crippen LogP contribution in [0.5, 0.6) is 23.0 Å². The minimum Gasteiger partial charge on any atom is -0.486 e. The Labute approximate surface area is 144 Å². The van der Waals surface area contributed by atoms with Crippen LogP contribution in [0.15, 0.2) is 36.5 Å². The molecule has 0 saturated carbocycles. The normalized spacial score (nSPS) is 16.5. The summed E-state index contributed by atoms with van der Waals surface area (Å²) in [7, 11) is 0. The summed E-state index contributed by atoms with van der Waals surface area (Å²) in [6.45, 7) is 2.44. The lowest BCUT2D eigenvalue weighted by molar-refractivity contribution is -0.686. The van der Waals surface area contributed by atoms with Crippen molar-refractivity contribution in [1.29, 1.82) is 0 Å².